The second kappa shape index (κ2) is 2.68. The maximum absolute atomic E-state index is 11.7. The Kier molecular flexibility index (Phi) is 1.84. The summed E-state index contributed by atoms with van der Waals surface area (Å²) in [6.45, 7) is 3.70. The predicted molar refractivity (Wildman–Crippen MR) is 50.1 cm³/mol. The highest BCUT2D eigenvalue weighted by atomic mass is 16.3. The number of aliphatic hydroxyl groups is 1. The molecule has 0 spiro atoms. The van der Waals surface area contributed by atoms with Gasteiger partial charge in [0.1, 0.15) is 6.10 Å². The van der Waals surface area contributed by atoms with Crippen LogP contribution in [0.3, 0.4) is 0 Å². The summed E-state index contributed by atoms with van der Waals surface area (Å²) < 4.78 is 0. The van der Waals surface area contributed by atoms with Crippen LogP contribution in [-0.2, 0) is 4.79 Å². The van der Waals surface area contributed by atoms with Crippen molar-refractivity contribution in [2.24, 2.45) is 17.3 Å². The molecule has 2 rings (SSSR count). The molecule has 0 aromatic rings. The Morgan fingerprint density at radius 1 is 1.69 bits per heavy atom. The third-order valence-electron chi connectivity index (χ3n) is 3.54. The molecular weight excluding hydrogens is 164 g/mol. The molecule has 2 nitrogen and oxygen atoms in total. The molecule has 2 heteroatoms. The number of allylic oxidation sites excluding steroid dienone is 2. The zero-order chi connectivity index (χ0) is 9.64. The van der Waals surface area contributed by atoms with Gasteiger partial charge in [0.15, 0.2) is 5.78 Å². The highest BCUT2D eigenvalue weighted by Gasteiger charge is 2.48. The molecule has 72 valence electrons. The SMILES string of the molecule is C[C@H](O)C(=O)[C@@H]1C[C@H]2C=C[C@]1(C)C2. The molecule has 1 fully saturated rings. The lowest BCUT2D eigenvalue weighted by Crippen LogP contribution is -2.33. The highest BCUT2D eigenvalue weighted by molar-refractivity contribution is 5.86. The number of aliphatic hydroxyl groups excluding tert-OH is 1. The number of carbonyl (C=O) groups is 1. The Balaban J connectivity index is 2.19. The van der Waals surface area contributed by atoms with E-state index < -0.39 is 6.10 Å². The molecule has 0 radical (unpaired) electrons. The molecule has 4 atom stereocenters. The Labute approximate surface area is 78.6 Å². The number of fused-ring (bicyclic) bond motifs is 2. The van der Waals surface area contributed by atoms with Crippen molar-refractivity contribution in [1.29, 1.82) is 0 Å². The number of Topliss-reactive ketones (excluding diaryl/α,β-unsaturated/α-hetero) is 1. The van der Waals surface area contributed by atoms with Crippen LogP contribution in [0.2, 0.25) is 0 Å². The first kappa shape index (κ1) is 8.95. The standard InChI is InChI=1S/C11H16O2/c1-7(12)10(13)9-5-8-3-4-11(9,2)6-8/h3-4,7-9,12H,5-6H2,1-2H3/t7-,8+,9-,11+/m0/s1. The quantitative estimate of drug-likeness (QED) is 0.654. The topological polar surface area (TPSA) is 37.3 Å². The van der Waals surface area contributed by atoms with Gasteiger partial charge in [0, 0.05) is 5.92 Å². The van der Waals surface area contributed by atoms with E-state index in [1.54, 1.807) is 6.92 Å². The molecule has 1 N–H and O–H groups in total. The van der Waals surface area contributed by atoms with Gasteiger partial charge in [0.25, 0.3) is 0 Å². The van der Waals surface area contributed by atoms with Crippen molar-refractivity contribution < 1.29 is 9.90 Å². The van der Waals surface area contributed by atoms with Crippen molar-refractivity contribution in [1.82, 2.24) is 0 Å². The summed E-state index contributed by atoms with van der Waals surface area (Å²) in [6, 6.07) is 0. The molecule has 0 saturated heterocycles. The maximum Gasteiger partial charge on any atom is 0.164 e. The van der Waals surface area contributed by atoms with Gasteiger partial charge in [0.2, 0.25) is 0 Å². The fraction of sp³-hybridized carbons (Fsp3) is 0.727. The minimum Gasteiger partial charge on any atom is -0.386 e. The van der Waals surface area contributed by atoms with Gasteiger partial charge in [-0.1, -0.05) is 19.1 Å². The summed E-state index contributed by atoms with van der Waals surface area (Å²) in [5.41, 5.74) is 0.0404. The van der Waals surface area contributed by atoms with Crippen molar-refractivity contribution in [2.75, 3.05) is 0 Å². The van der Waals surface area contributed by atoms with Gasteiger partial charge < -0.3 is 5.11 Å². The maximum atomic E-state index is 11.7. The Morgan fingerprint density at radius 2 is 2.38 bits per heavy atom. The molecule has 0 amide bonds. The number of carbonyl (C=O) groups excluding carboxylic acids is 1. The van der Waals surface area contributed by atoms with Crippen molar-refractivity contribution >= 4 is 5.78 Å². The van der Waals surface area contributed by atoms with E-state index in [-0.39, 0.29) is 17.1 Å². The molecule has 0 unspecified atom stereocenters. The van der Waals surface area contributed by atoms with Crippen LogP contribution in [0, 0.1) is 17.3 Å². The Bertz CT molecular complexity index is 267. The second-order valence-electron chi connectivity index (χ2n) is 4.70. The van der Waals surface area contributed by atoms with Crippen molar-refractivity contribution in [3.05, 3.63) is 12.2 Å². The van der Waals surface area contributed by atoms with E-state index in [0.717, 1.165) is 12.8 Å². The van der Waals surface area contributed by atoms with Crippen molar-refractivity contribution in [2.45, 2.75) is 32.8 Å². The average Bonchev–Trinajstić information content (AvgIpc) is 2.57. The van der Waals surface area contributed by atoms with Crippen LogP contribution >= 0.6 is 0 Å². The van der Waals surface area contributed by atoms with Crippen molar-refractivity contribution in [3.8, 4) is 0 Å². The van der Waals surface area contributed by atoms with Gasteiger partial charge in [-0.05, 0) is 31.1 Å². The van der Waals surface area contributed by atoms with Crippen molar-refractivity contribution in [3.63, 3.8) is 0 Å². The van der Waals surface area contributed by atoms with Gasteiger partial charge in [-0.25, -0.2) is 0 Å². The normalized spacial score (nSPS) is 43.9. The van der Waals surface area contributed by atoms with Gasteiger partial charge >= 0.3 is 0 Å². The zero-order valence-corrected chi connectivity index (χ0v) is 8.16. The molecule has 2 bridgehead atoms. The molecule has 2 aliphatic rings. The van der Waals surface area contributed by atoms with E-state index >= 15 is 0 Å². The number of hydrogen-bond acceptors (Lipinski definition) is 2. The van der Waals surface area contributed by atoms with Crippen LogP contribution in [0.1, 0.15) is 26.7 Å². The van der Waals surface area contributed by atoms with Gasteiger partial charge in [-0.2, -0.15) is 0 Å². The summed E-state index contributed by atoms with van der Waals surface area (Å²) in [6.07, 6.45) is 5.61. The average molecular weight is 180 g/mol. The Morgan fingerprint density at radius 3 is 2.77 bits per heavy atom. The van der Waals surface area contributed by atoms with Crippen LogP contribution in [0.25, 0.3) is 0 Å². The first-order chi connectivity index (χ1) is 6.03. The first-order valence-corrected chi connectivity index (χ1v) is 4.94. The molecule has 0 aliphatic heterocycles. The Hall–Kier alpha value is -0.630. The third-order valence-corrected chi connectivity index (χ3v) is 3.54. The summed E-state index contributed by atoms with van der Waals surface area (Å²) in [7, 11) is 0. The summed E-state index contributed by atoms with van der Waals surface area (Å²) in [5.74, 6) is 0.662. The molecule has 0 aromatic carbocycles. The monoisotopic (exact) mass is 180 g/mol. The molecule has 2 aliphatic carbocycles. The van der Waals surface area contributed by atoms with E-state index in [9.17, 15) is 9.90 Å². The lowest BCUT2D eigenvalue weighted by atomic mass is 9.76. The third kappa shape index (κ3) is 1.24. The highest BCUT2D eigenvalue weighted by Crippen LogP contribution is 2.53. The summed E-state index contributed by atoms with van der Waals surface area (Å²) in [5, 5.41) is 9.25. The molecule has 0 heterocycles. The van der Waals surface area contributed by atoms with E-state index in [2.05, 4.69) is 19.1 Å². The van der Waals surface area contributed by atoms with Crippen LogP contribution in [0.15, 0.2) is 12.2 Å². The summed E-state index contributed by atoms with van der Waals surface area (Å²) in [4.78, 5) is 11.7. The smallest absolute Gasteiger partial charge is 0.164 e. The van der Waals surface area contributed by atoms with Crippen LogP contribution < -0.4 is 0 Å². The number of rotatable bonds is 2. The predicted octanol–water partition coefficient (Wildman–Crippen LogP) is 1.54. The van der Waals surface area contributed by atoms with Gasteiger partial charge in [-0.15, -0.1) is 0 Å². The van der Waals surface area contributed by atoms with E-state index in [4.69, 9.17) is 0 Å². The van der Waals surface area contributed by atoms with Gasteiger partial charge in [-0.3, -0.25) is 4.79 Å². The number of hydrogen-bond donors (Lipinski definition) is 1. The molecular formula is C11H16O2. The molecule has 0 aromatic heterocycles. The minimum absolute atomic E-state index is 0.0225. The summed E-state index contributed by atoms with van der Waals surface area (Å²) >= 11 is 0. The van der Waals surface area contributed by atoms with E-state index in [1.165, 1.54) is 0 Å². The fourth-order valence-electron chi connectivity index (χ4n) is 2.78. The first-order valence-electron chi connectivity index (χ1n) is 4.94. The van der Waals surface area contributed by atoms with Crippen LogP contribution in [-0.4, -0.2) is 17.0 Å². The van der Waals surface area contributed by atoms with E-state index in [1.807, 2.05) is 0 Å². The fourth-order valence-corrected chi connectivity index (χ4v) is 2.78. The lowest BCUT2D eigenvalue weighted by Gasteiger charge is -2.27. The second-order valence-corrected chi connectivity index (χ2v) is 4.70. The molecule has 13 heavy (non-hydrogen) atoms. The zero-order valence-electron chi connectivity index (χ0n) is 8.16. The minimum atomic E-state index is -0.797. The number of ketones is 1. The lowest BCUT2D eigenvalue weighted by molar-refractivity contribution is -0.132. The van der Waals surface area contributed by atoms with E-state index in [0.29, 0.717) is 5.92 Å². The largest absolute Gasteiger partial charge is 0.386 e. The molecule has 1 saturated carbocycles. The van der Waals surface area contributed by atoms with Crippen LogP contribution in [0.5, 0.6) is 0 Å². The van der Waals surface area contributed by atoms with Crippen LogP contribution in [0.4, 0.5) is 0 Å². The van der Waals surface area contributed by atoms with Gasteiger partial charge in [0.05, 0.1) is 0 Å².